The number of dihydropyridines is 1. The van der Waals surface area contributed by atoms with E-state index in [1.54, 1.807) is 10.9 Å². The third-order valence-corrected chi connectivity index (χ3v) is 5.72. The van der Waals surface area contributed by atoms with Crippen LogP contribution in [0.3, 0.4) is 0 Å². The molecule has 1 unspecified atom stereocenters. The lowest BCUT2D eigenvalue weighted by Gasteiger charge is -2.24. The zero-order chi connectivity index (χ0) is 16.8. The van der Waals surface area contributed by atoms with Crippen LogP contribution in [-0.4, -0.2) is 33.9 Å². The van der Waals surface area contributed by atoms with Crippen molar-refractivity contribution in [3.05, 3.63) is 69.1 Å². The van der Waals surface area contributed by atoms with E-state index in [0.717, 1.165) is 27.1 Å². The summed E-state index contributed by atoms with van der Waals surface area (Å²) < 4.78 is 2.52. The Bertz CT molecular complexity index is 948. The molecule has 3 heterocycles. The molecule has 0 saturated carbocycles. The molecular weight excluding hydrogens is 388 g/mol. The number of likely N-dealkylation sites (N-methyl/N-ethyl adjacent to an activating group) is 1. The lowest BCUT2D eigenvalue weighted by atomic mass is 10.1. The van der Waals surface area contributed by atoms with E-state index in [4.69, 9.17) is 0 Å². The number of nitrogens with one attached hydrogen (secondary N) is 1. The molecule has 0 bridgehead atoms. The van der Waals surface area contributed by atoms with Gasteiger partial charge in [-0.2, -0.15) is 0 Å². The molecule has 2 aromatic rings. The molecule has 0 aliphatic carbocycles. The third kappa shape index (κ3) is 2.39. The van der Waals surface area contributed by atoms with Gasteiger partial charge in [0.05, 0.1) is 11.4 Å². The highest BCUT2D eigenvalue weighted by Crippen LogP contribution is 2.44. The van der Waals surface area contributed by atoms with Crippen molar-refractivity contribution < 1.29 is 0 Å². The van der Waals surface area contributed by atoms with Gasteiger partial charge in [0.2, 0.25) is 0 Å². The maximum atomic E-state index is 13.0. The maximum absolute atomic E-state index is 13.0. The Balaban J connectivity index is 1.90. The van der Waals surface area contributed by atoms with E-state index in [9.17, 15) is 4.79 Å². The fourth-order valence-electron chi connectivity index (χ4n) is 2.91. The third-order valence-electron chi connectivity index (χ3n) is 4.02. The van der Waals surface area contributed by atoms with Crippen molar-refractivity contribution in [1.29, 1.82) is 0 Å². The summed E-state index contributed by atoms with van der Waals surface area (Å²) in [6, 6.07) is 7.65. The van der Waals surface area contributed by atoms with Crippen LogP contribution in [0.5, 0.6) is 0 Å². The van der Waals surface area contributed by atoms with Gasteiger partial charge in [-0.15, -0.1) is 0 Å². The van der Waals surface area contributed by atoms with Crippen LogP contribution in [0.15, 0.2) is 62.7 Å². The largest absolute Gasteiger partial charge is 0.377 e. The van der Waals surface area contributed by atoms with Gasteiger partial charge in [-0.3, -0.25) is 9.36 Å². The molecule has 5 nitrogen and oxygen atoms in total. The highest BCUT2D eigenvalue weighted by Gasteiger charge is 2.35. The number of benzene rings is 1. The van der Waals surface area contributed by atoms with Crippen LogP contribution < -0.4 is 10.9 Å². The van der Waals surface area contributed by atoms with Gasteiger partial charge in [-0.25, -0.2) is 4.98 Å². The average molecular weight is 403 g/mol. The Morgan fingerprint density at radius 3 is 2.96 bits per heavy atom. The van der Waals surface area contributed by atoms with Gasteiger partial charge in [0.15, 0.2) is 0 Å². The van der Waals surface area contributed by atoms with Crippen molar-refractivity contribution in [2.45, 2.75) is 10.3 Å². The average Bonchev–Trinajstić information content (AvgIpc) is 2.94. The van der Waals surface area contributed by atoms with Crippen molar-refractivity contribution >= 4 is 33.3 Å². The number of hydrogen-bond donors (Lipinski definition) is 1. The zero-order valence-corrected chi connectivity index (χ0v) is 15.6. The molecule has 1 atom stereocenters. The van der Waals surface area contributed by atoms with Crippen molar-refractivity contribution in [2.24, 2.45) is 0 Å². The predicted molar refractivity (Wildman–Crippen MR) is 100 cm³/mol. The van der Waals surface area contributed by atoms with Gasteiger partial charge in [0, 0.05) is 29.8 Å². The Hall–Kier alpha value is -1.99. The summed E-state index contributed by atoms with van der Waals surface area (Å²) in [7, 11) is 4.00. The fraction of sp³-hybridized carbons (Fsp3) is 0.176. The SMILES string of the molecule is CN(C)C1=C2c3ncn(-c4cccc(Br)c4)c(=O)c3SC2NC=C1. The standard InChI is InChI=1S/C17H15BrN4OS/c1-21(2)12-6-7-19-16-13(12)14-15(24-16)17(23)22(9-20-14)11-5-3-4-10(18)8-11/h3-9,16,19H,1-2H3. The summed E-state index contributed by atoms with van der Waals surface area (Å²) >= 11 is 4.97. The number of fused-ring (bicyclic) bond motifs is 3. The maximum Gasteiger partial charge on any atom is 0.272 e. The monoisotopic (exact) mass is 402 g/mol. The second-order valence-electron chi connectivity index (χ2n) is 5.77. The Morgan fingerprint density at radius 2 is 2.21 bits per heavy atom. The number of halogens is 1. The summed E-state index contributed by atoms with van der Waals surface area (Å²) in [6.45, 7) is 0. The second kappa shape index (κ2) is 5.82. The first-order valence-electron chi connectivity index (χ1n) is 7.45. The number of aromatic nitrogens is 2. The van der Waals surface area contributed by atoms with Crippen molar-refractivity contribution in [2.75, 3.05) is 14.1 Å². The summed E-state index contributed by atoms with van der Waals surface area (Å²) in [5, 5.41) is 3.34. The smallest absolute Gasteiger partial charge is 0.272 e. The van der Waals surface area contributed by atoms with E-state index in [1.165, 1.54) is 11.8 Å². The quantitative estimate of drug-likeness (QED) is 0.836. The van der Waals surface area contributed by atoms with Gasteiger partial charge >= 0.3 is 0 Å². The number of nitrogens with zero attached hydrogens (tertiary/aromatic N) is 3. The first-order valence-corrected chi connectivity index (χ1v) is 9.12. The van der Waals surface area contributed by atoms with Crippen molar-refractivity contribution in [3.8, 4) is 5.69 Å². The molecule has 0 fully saturated rings. The summed E-state index contributed by atoms with van der Waals surface area (Å²) in [4.78, 5) is 20.3. The normalized spacial score (nSPS) is 18.2. The molecule has 4 rings (SSSR count). The number of hydrogen-bond acceptors (Lipinski definition) is 5. The van der Waals surface area contributed by atoms with Crippen LogP contribution in [0.2, 0.25) is 0 Å². The summed E-state index contributed by atoms with van der Waals surface area (Å²) in [5.41, 5.74) is 3.69. The molecule has 1 N–H and O–H groups in total. The van der Waals surface area contributed by atoms with Crippen molar-refractivity contribution in [1.82, 2.24) is 19.8 Å². The Morgan fingerprint density at radius 1 is 1.38 bits per heavy atom. The fourth-order valence-corrected chi connectivity index (χ4v) is 4.51. The van der Waals surface area contributed by atoms with E-state index in [-0.39, 0.29) is 10.9 Å². The molecule has 2 aliphatic heterocycles. The molecule has 7 heteroatoms. The minimum Gasteiger partial charge on any atom is -0.377 e. The summed E-state index contributed by atoms with van der Waals surface area (Å²) in [6.07, 6.45) is 5.56. The van der Waals surface area contributed by atoms with Crippen LogP contribution >= 0.6 is 27.7 Å². The zero-order valence-electron chi connectivity index (χ0n) is 13.2. The number of thioether (sulfide) groups is 1. The van der Waals surface area contributed by atoms with Crippen LogP contribution in [0.4, 0.5) is 0 Å². The Labute approximate surface area is 152 Å². The van der Waals surface area contributed by atoms with Crippen LogP contribution in [-0.2, 0) is 0 Å². The summed E-state index contributed by atoms with van der Waals surface area (Å²) in [5.74, 6) is 0. The van der Waals surface area contributed by atoms with Crippen molar-refractivity contribution in [3.63, 3.8) is 0 Å². The molecule has 1 aromatic carbocycles. The van der Waals surface area contributed by atoms with E-state index in [0.29, 0.717) is 4.90 Å². The van der Waals surface area contributed by atoms with Crippen LogP contribution in [0.1, 0.15) is 5.69 Å². The molecule has 0 spiro atoms. The Kier molecular flexibility index (Phi) is 3.77. The first-order chi connectivity index (χ1) is 11.6. The minimum atomic E-state index is -0.0371. The molecule has 24 heavy (non-hydrogen) atoms. The molecular formula is C17H15BrN4OS. The van der Waals surface area contributed by atoms with E-state index in [2.05, 4.69) is 31.1 Å². The van der Waals surface area contributed by atoms with E-state index < -0.39 is 0 Å². The lowest BCUT2D eigenvalue weighted by Crippen LogP contribution is -2.27. The molecule has 0 amide bonds. The topological polar surface area (TPSA) is 50.2 Å². The van der Waals surface area contributed by atoms with Gasteiger partial charge in [0.25, 0.3) is 5.56 Å². The van der Waals surface area contributed by atoms with Gasteiger partial charge in [0.1, 0.15) is 16.6 Å². The van der Waals surface area contributed by atoms with E-state index in [1.807, 2.05) is 50.6 Å². The van der Waals surface area contributed by atoms with Crippen LogP contribution in [0.25, 0.3) is 11.3 Å². The van der Waals surface area contributed by atoms with Gasteiger partial charge in [-0.1, -0.05) is 33.8 Å². The minimum absolute atomic E-state index is 0.0287. The van der Waals surface area contributed by atoms with Gasteiger partial charge < -0.3 is 10.2 Å². The highest BCUT2D eigenvalue weighted by molar-refractivity contribution is 9.10. The highest BCUT2D eigenvalue weighted by atomic mass is 79.9. The van der Waals surface area contributed by atoms with E-state index >= 15 is 0 Å². The second-order valence-corrected chi connectivity index (χ2v) is 7.80. The van der Waals surface area contributed by atoms with Gasteiger partial charge in [-0.05, 0) is 30.5 Å². The van der Waals surface area contributed by atoms with Crippen LogP contribution in [0, 0.1) is 0 Å². The molecule has 122 valence electrons. The molecule has 0 saturated heterocycles. The number of rotatable bonds is 2. The predicted octanol–water partition coefficient (Wildman–Crippen LogP) is 2.82. The number of allylic oxidation sites excluding steroid dienone is 1. The first kappa shape index (κ1) is 15.5. The molecule has 0 radical (unpaired) electrons. The molecule has 2 aliphatic rings. The molecule has 1 aromatic heterocycles. The lowest BCUT2D eigenvalue weighted by molar-refractivity contribution is 0.526.